The number of rotatable bonds is 9. The summed E-state index contributed by atoms with van der Waals surface area (Å²) in [4.78, 5) is 11.2. The van der Waals surface area contributed by atoms with Gasteiger partial charge < -0.3 is 30.8 Å². The third kappa shape index (κ3) is 7.83. The molecule has 2 aliphatic rings. The molecule has 0 unspecified atom stereocenters. The van der Waals surface area contributed by atoms with E-state index in [-0.39, 0.29) is 0 Å². The smallest absolute Gasteiger partial charge is 0.146 e. The fourth-order valence-corrected chi connectivity index (χ4v) is 5.61. The van der Waals surface area contributed by atoms with Crippen LogP contribution in [0.15, 0.2) is 67.1 Å². The zero-order chi connectivity index (χ0) is 28.3. The summed E-state index contributed by atoms with van der Waals surface area (Å²) in [6.45, 7) is 7.68. The number of nitrogens with two attached hydrogens (primary N) is 2. The van der Waals surface area contributed by atoms with Gasteiger partial charge in [-0.05, 0) is 42.7 Å². The Hall–Kier alpha value is -3.50. The topological polar surface area (TPSA) is 116 Å². The summed E-state index contributed by atoms with van der Waals surface area (Å²) < 4.78 is 13.5. The first-order valence-corrected chi connectivity index (χ1v) is 14.9. The normalized spacial score (nSPS) is 16.3. The molecule has 0 spiro atoms. The lowest BCUT2D eigenvalue weighted by Gasteiger charge is -2.26. The van der Waals surface area contributed by atoms with E-state index in [1.54, 1.807) is 6.33 Å². The highest BCUT2D eigenvalue weighted by molar-refractivity contribution is 6.00. The SMILES string of the molecule is NCCOCCN1CCNCC1.Nc1ncnc2c1c(-c1ccc(Oc3ccccc3)cc1)cn2C1CCCCC1. The summed E-state index contributed by atoms with van der Waals surface area (Å²) in [7, 11) is 0. The van der Waals surface area contributed by atoms with Gasteiger partial charge in [-0.25, -0.2) is 9.97 Å². The van der Waals surface area contributed by atoms with Gasteiger partial charge in [0.25, 0.3) is 0 Å². The van der Waals surface area contributed by atoms with E-state index in [1.165, 1.54) is 32.1 Å². The average Bonchev–Trinajstić information content (AvgIpc) is 3.43. The quantitative estimate of drug-likeness (QED) is 0.250. The molecule has 9 heteroatoms. The number of hydrogen-bond acceptors (Lipinski definition) is 8. The van der Waals surface area contributed by atoms with E-state index < -0.39 is 0 Å². The number of anilines is 1. The molecule has 9 nitrogen and oxygen atoms in total. The monoisotopic (exact) mass is 557 g/mol. The molecule has 1 saturated carbocycles. The third-order valence-corrected chi connectivity index (χ3v) is 7.77. The van der Waals surface area contributed by atoms with Crippen molar-refractivity contribution in [1.82, 2.24) is 24.8 Å². The van der Waals surface area contributed by atoms with Crippen LogP contribution in [0.4, 0.5) is 5.82 Å². The number of hydrogen-bond donors (Lipinski definition) is 3. The number of ether oxygens (including phenoxy) is 2. The number of nitrogen functional groups attached to an aromatic ring is 1. The van der Waals surface area contributed by atoms with Gasteiger partial charge in [0.1, 0.15) is 29.3 Å². The Balaban J connectivity index is 0.000000237. The van der Waals surface area contributed by atoms with Crippen LogP contribution < -0.4 is 21.5 Å². The van der Waals surface area contributed by atoms with E-state index in [4.69, 9.17) is 20.9 Å². The standard InChI is InChI=1S/C24H24N4O.C8H19N3O/c25-23-22-21(15-28(24(22)27-16-26-23)18-7-3-1-4-8-18)17-11-13-20(14-12-17)29-19-9-5-2-6-10-19;9-1-7-12-8-6-11-4-2-10-3-5-11/h2,5-6,9-16,18H,1,3-4,7-8H2,(H2,25,26,27);10H,1-9H2. The van der Waals surface area contributed by atoms with Crippen LogP contribution in [0.1, 0.15) is 38.1 Å². The fourth-order valence-electron chi connectivity index (χ4n) is 5.61. The summed E-state index contributed by atoms with van der Waals surface area (Å²) in [5, 5.41) is 4.25. The molecule has 1 aliphatic heterocycles. The largest absolute Gasteiger partial charge is 0.457 e. The molecule has 218 valence electrons. The van der Waals surface area contributed by atoms with Gasteiger partial charge >= 0.3 is 0 Å². The Morgan fingerprint density at radius 2 is 1.61 bits per heavy atom. The minimum Gasteiger partial charge on any atom is -0.457 e. The Morgan fingerprint density at radius 1 is 0.878 bits per heavy atom. The molecule has 0 amide bonds. The van der Waals surface area contributed by atoms with Crippen LogP contribution >= 0.6 is 0 Å². The lowest BCUT2D eigenvalue weighted by Crippen LogP contribution is -2.44. The second-order valence-electron chi connectivity index (χ2n) is 10.6. The molecule has 1 aliphatic carbocycles. The van der Waals surface area contributed by atoms with Crippen molar-refractivity contribution in [3.8, 4) is 22.6 Å². The summed E-state index contributed by atoms with van der Waals surface area (Å²) in [6.07, 6.45) is 10.0. The highest BCUT2D eigenvalue weighted by atomic mass is 16.5. The van der Waals surface area contributed by atoms with E-state index in [0.717, 1.165) is 73.0 Å². The number of benzene rings is 2. The minimum absolute atomic E-state index is 0.481. The average molecular weight is 558 g/mol. The van der Waals surface area contributed by atoms with Crippen molar-refractivity contribution in [2.24, 2.45) is 5.73 Å². The summed E-state index contributed by atoms with van der Waals surface area (Å²) in [5.41, 5.74) is 14.7. The zero-order valence-electron chi connectivity index (χ0n) is 23.9. The number of para-hydroxylation sites is 1. The van der Waals surface area contributed by atoms with Gasteiger partial charge in [0.05, 0.1) is 18.6 Å². The first-order valence-electron chi connectivity index (χ1n) is 14.9. The first kappa shape index (κ1) is 29.0. The summed E-state index contributed by atoms with van der Waals surface area (Å²) >= 11 is 0. The molecule has 0 atom stereocenters. The Morgan fingerprint density at radius 3 is 2.34 bits per heavy atom. The first-order chi connectivity index (χ1) is 20.2. The van der Waals surface area contributed by atoms with Gasteiger partial charge in [-0.3, -0.25) is 4.90 Å². The van der Waals surface area contributed by atoms with Gasteiger partial charge in [0, 0.05) is 57.1 Å². The molecule has 2 aromatic heterocycles. The summed E-state index contributed by atoms with van der Waals surface area (Å²) in [6, 6.07) is 18.4. The molecule has 5 N–H and O–H groups in total. The summed E-state index contributed by atoms with van der Waals surface area (Å²) in [5.74, 6) is 2.16. The molecule has 0 radical (unpaired) electrons. The number of piperazine rings is 1. The number of nitrogens with zero attached hydrogens (tertiary/aromatic N) is 4. The minimum atomic E-state index is 0.481. The van der Waals surface area contributed by atoms with E-state index in [0.29, 0.717) is 25.0 Å². The maximum absolute atomic E-state index is 6.28. The van der Waals surface area contributed by atoms with Crippen LogP contribution in [0.3, 0.4) is 0 Å². The Kier molecular flexibility index (Phi) is 10.6. The van der Waals surface area contributed by atoms with E-state index in [2.05, 4.69) is 43.1 Å². The van der Waals surface area contributed by atoms with Crippen LogP contribution in [0.2, 0.25) is 0 Å². The maximum atomic E-state index is 6.28. The molecule has 6 rings (SSSR count). The highest BCUT2D eigenvalue weighted by Gasteiger charge is 2.22. The van der Waals surface area contributed by atoms with Crippen molar-refractivity contribution in [3.05, 3.63) is 67.1 Å². The predicted molar refractivity (Wildman–Crippen MR) is 165 cm³/mol. The van der Waals surface area contributed by atoms with Crippen molar-refractivity contribution < 1.29 is 9.47 Å². The van der Waals surface area contributed by atoms with Crippen molar-refractivity contribution in [2.75, 3.05) is 58.2 Å². The van der Waals surface area contributed by atoms with Gasteiger partial charge in [0.15, 0.2) is 0 Å². The lowest BCUT2D eigenvalue weighted by molar-refractivity contribution is 0.104. The van der Waals surface area contributed by atoms with E-state index in [9.17, 15) is 0 Å². The number of fused-ring (bicyclic) bond motifs is 1. The van der Waals surface area contributed by atoms with Crippen molar-refractivity contribution in [2.45, 2.75) is 38.1 Å². The fraction of sp³-hybridized carbons (Fsp3) is 0.438. The van der Waals surface area contributed by atoms with E-state index in [1.807, 2.05) is 42.5 Å². The third-order valence-electron chi connectivity index (χ3n) is 7.77. The molecule has 0 bridgehead atoms. The molecule has 2 aromatic carbocycles. The van der Waals surface area contributed by atoms with Crippen LogP contribution in [-0.2, 0) is 4.74 Å². The van der Waals surface area contributed by atoms with Crippen LogP contribution in [0.25, 0.3) is 22.2 Å². The van der Waals surface area contributed by atoms with Gasteiger partial charge in [-0.2, -0.15) is 0 Å². The molecular formula is C32H43N7O2. The molecule has 2 fully saturated rings. The Bertz CT molecular complexity index is 1330. The highest BCUT2D eigenvalue weighted by Crippen LogP contribution is 2.38. The van der Waals surface area contributed by atoms with Gasteiger partial charge in [-0.1, -0.05) is 49.6 Å². The maximum Gasteiger partial charge on any atom is 0.146 e. The van der Waals surface area contributed by atoms with Gasteiger partial charge in [-0.15, -0.1) is 0 Å². The molecule has 4 aromatic rings. The predicted octanol–water partition coefficient (Wildman–Crippen LogP) is 4.84. The van der Waals surface area contributed by atoms with Crippen molar-refractivity contribution in [1.29, 1.82) is 0 Å². The van der Waals surface area contributed by atoms with Crippen molar-refractivity contribution >= 4 is 16.9 Å². The number of aromatic nitrogens is 3. The van der Waals surface area contributed by atoms with Crippen molar-refractivity contribution in [3.63, 3.8) is 0 Å². The molecule has 41 heavy (non-hydrogen) atoms. The van der Waals surface area contributed by atoms with Crippen LogP contribution in [0, 0.1) is 0 Å². The molecule has 3 heterocycles. The number of nitrogens with one attached hydrogen (secondary N) is 1. The zero-order valence-corrected chi connectivity index (χ0v) is 23.9. The Labute approximate surface area is 242 Å². The molecule has 1 saturated heterocycles. The lowest BCUT2D eigenvalue weighted by atomic mass is 9.95. The van der Waals surface area contributed by atoms with Crippen LogP contribution in [-0.4, -0.2) is 71.9 Å². The second kappa shape index (κ2) is 14.9. The second-order valence-corrected chi connectivity index (χ2v) is 10.6. The molecular weight excluding hydrogens is 514 g/mol. The van der Waals surface area contributed by atoms with E-state index >= 15 is 0 Å². The van der Waals surface area contributed by atoms with Crippen LogP contribution in [0.5, 0.6) is 11.5 Å². The van der Waals surface area contributed by atoms with Gasteiger partial charge in [0.2, 0.25) is 0 Å².